The number of carbonyl (C=O) groups excluding carboxylic acids is 2. The average Bonchev–Trinajstić information content (AvgIpc) is 3.05. The lowest BCUT2D eigenvalue weighted by Crippen LogP contribution is -2.44. The van der Waals surface area contributed by atoms with Gasteiger partial charge >= 0.3 is 12.1 Å². The number of hydrogen-bond acceptors (Lipinski definition) is 4. The first-order valence-corrected chi connectivity index (χ1v) is 10.9. The minimum absolute atomic E-state index is 0.0356. The molecule has 7 nitrogen and oxygen atoms in total. The van der Waals surface area contributed by atoms with Crippen LogP contribution in [0.1, 0.15) is 50.7 Å². The lowest BCUT2D eigenvalue weighted by atomic mass is 9.98. The predicted octanol–water partition coefficient (Wildman–Crippen LogP) is 3.92. The van der Waals surface area contributed by atoms with Crippen LogP contribution in [0.2, 0.25) is 0 Å². The van der Waals surface area contributed by atoms with Gasteiger partial charge in [-0.25, -0.2) is 9.59 Å². The van der Waals surface area contributed by atoms with Gasteiger partial charge < -0.3 is 20.5 Å². The van der Waals surface area contributed by atoms with Gasteiger partial charge in [-0.05, 0) is 41.5 Å². The zero-order valence-electron chi connectivity index (χ0n) is 18.6. The molecule has 0 aliphatic heterocycles. The SMILES string of the molecule is CC(C)CC(NC(=O)C[C@@H](C)NC(=O)OCC1c2ccccc2-c2ccccc21)C(=O)O. The number of nitrogens with one attached hydrogen (secondary N) is 2. The quantitative estimate of drug-likeness (QED) is 0.550. The molecule has 7 heteroatoms. The summed E-state index contributed by atoms with van der Waals surface area (Å²) >= 11 is 0. The molecule has 1 aliphatic rings. The zero-order valence-corrected chi connectivity index (χ0v) is 18.6. The largest absolute Gasteiger partial charge is 0.480 e. The van der Waals surface area contributed by atoms with E-state index >= 15 is 0 Å². The van der Waals surface area contributed by atoms with Crippen LogP contribution in [0.25, 0.3) is 11.1 Å². The number of benzene rings is 2. The number of carbonyl (C=O) groups is 3. The molecule has 0 bridgehead atoms. The van der Waals surface area contributed by atoms with Crippen LogP contribution in [0.3, 0.4) is 0 Å². The first kappa shape index (κ1) is 23.3. The first-order valence-electron chi connectivity index (χ1n) is 10.9. The predicted molar refractivity (Wildman–Crippen MR) is 121 cm³/mol. The van der Waals surface area contributed by atoms with E-state index < -0.39 is 30.1 Å². The minimum atomic E-state index is -1.07. The van der Waals surface area contributed by atoms with Crippen molar-refractivity contribution < 1.29 is 24.2 Å². The van der Waals surface area contributed by atoms with Crippen molar-refractivity contribution in [1.29, 1.82) is 0 Å². The summed E-state index contributed by atoms with van der Waals surface area (Å²) in [5.74, 6) is -1.40. The number of ether oxygens (including phenoxy) is 1. The highest BCUT2D eigenvalue weighted by Crippen LogP contribution is 2.44. The molecule has 1 aliphatic carbocycles. The second kappa shape index (κ2) is 10.3. The Bertz CT molecular complexity index is 942. The molecule has 1 unspecified atom stereocenters. The van der Waals surface area contributed by atoms with Gasteiger partial charge in [0, 0.05) is 18.4 Å². The van der Waals surface area contributed by atoms with Crippen LogP contribution in [-0.2, 0) is 14.3 Å². The van der Waals surface area contributed by atoms with Crippen molar-refractivity contribution in [3.05, 3.63) is 59.7 Å². The molecule has 0 aromatic heterocycles. The number of fused-ring (bicyclic) bond motifs is 3. The Morgan fingerprint density at radius 3 is 2.03 bits per heavy atom. The van der Waals surface area contributed by atoms with Gasteiger partial charge in [0.2, 0.25) is 5.91 Å². The maximum Gasteiger partial charge on any atom is 0.407 e. The van der Waals surface area contributed by atoms with Crippen molar-refractivity contribution in [3.63, 3.8) is 0 Å². The molecular formula is C25H30N2O5. The molecule has 0 heterocycles. The summed E-state index contributed by atoms with van der Waals surface area (Å²) in [7, 11) is 0. The summed E-state index contributed by atoms with van der Waals surface area (Å²) in [6.07, 6.45) is -0.300. The lowest BCUT2D eigenvalue weighted by molar-refractivity contribution is -0.142. The smallest absolute Gasteiger partial charge is 0.407 e. The third-order valence-corrected chi connectivity index (χ3v) is 5.54. The topological polar surface area (TPSA) is 105 Å². The van der Waals surface area contributed by atoms with Crippen LogP contribution in [0.15, 0.2) is 48.5 Å². The molecule has 32 heavy (non-hydrogen) atoms. The van der Waals surface area contributed by atoms with Gasteiger partial charge in [-0.2, -0.15) is 0 Å². The molecule has 2 aromatic carbocycles. The normalized spacial score (nSPS) is 14.2. The number of rotatable bonds is 9. The summed E-state index contributed by atoms with van der Waals surface area (Å²) in [6, 6.07) is 14.7. The Morgan fingerprint density at radius 1 is 0.938 bits per heavy atom. The van der Waals surface area contributed by atoms with Gasteiger partial charge in [0.25, 0.3) is 0 Å². The van der Waals surface area contributed by atoms with Crippen molar-refractivity contribution in [3.8, 4) is 11.1 Å². The summed E-state index contributed by atoms with van der Waals surface area (Å²) in [6.45, 7) is 5.65. The van der Waals surface area contributed by atoms with E-state index in [4.69, 9.17) is 4.74 Å². The number of aliphatic carboxylic acids is 1. The average molecular weight is 439 g/mol. The highest BCUT2D eigenvalue weighted by Gasteiger charge is 2.29. The summed E-state index contributed by atoms with van der Waals surface area (Å²) < 4.78 is 5.49. The van der Waals surface area contributed by atoms with E-state index in [1.165, 1.54) is 0 Å². The van der Waals surface area contributed by atoms with Gasteiger partial charge in [-0.3, -0.25) is 4.79 Å². The molecule has 3 N–H and O–H groups in total. The van der Waals surface area contributed by atoms with E-state index in [2.05, 4.69) is 22.8 Å². The number of alkyl carbamates (subject to hydrolysis) is 1. The minimum Gasteiger partial charge on any atom is -0.480 e. The van der Waals surface area contributed by atoms with Crippen LogP contribution in [0.5, 0.6) is 0 Å². The molecule has 2 aromatic rings. The molecule has 170 valence electrons. The van der Waals surface area contributed by atoms with E-state index in [-0.39, 0.29) is 24.9 Å². The second-order valence-electron chi connectivity index (χ2n) is 8.66. The fraction of sp³-hybridized carbons (Fsp3) is 0.400. The number of hydrogen-bond donors (Lipinski definition) is 3. The maximum atomic E-state index is 12.3. The molecule has 2 amide bonds. The highest BCUT2D eigenvalue weighted by atomic mass is 16.5. The Morgan fingerprint density at radius 2 is 1.50 bits per heavy atom. The van der Waals surface area contributed by atoms with Crippen LogP contribution < -0.4 is 10.6 Å². The molecule has 0 spiro atoms. The van der Waals surface area contributed by atoms with Crippen molar-refractivity contribution >= 4 is 18.0 Å². The fourth-order valence-corrected chi connectivity index (χ4v) is 4.12. The Balaban J connectivity index is 1.52. The van der Waals surface area contributed by atoms with Crippen LogP contribution in [0.4, 0.5) is 4.79 Å². The summed E-state index contributed by atoms with van der Waals surface area (Å²) in [5.41, 5.74) is 4.55. The highest BCUT2D eigenvalue weighted by molar-refractivity contribution is 5.84. The number of carboxylic acids is 1. The lowest BCUT2D eigenvalue weighted by Gasteiger charge is -2.19. The standard InChI is InChI=1S/C25H30N2O5/c1-15(2)12-22(24(29)30)27-23(28)13-16(3)26-25(31)32-14-21-19-10-6-4-8-17(19)18-9-5-7-11-20(18)21/h4-11,15-16,21-22H,12-14H2,1-3H3,(H,26,31)(H,27,28)(H,29,30)/t16-,22?/m1/s1. The molecular weight excluding hydrogens is 408 g/mol. The molecule has 3 rings (SSSR count). The van der Waals surface area contributed by atoms with Gasteiger partial charge in [-0.1, -0.05) is 62.4 Å². The third-order valence-electron chi connectivity index (χ3n) is 5.54. The van der Waals surface area contributed by atoms with E-state index in [1.54, 1.807) is 6.92 Å². The monoisotopic (exact) mass is 438 g/mol. The molecule has 0 saturated heterocycles. The van der Waals surface area contributed by atoms with Gasteiger partial charge in [0.1, 0.15) is 12.6 Å². The van der Waals surface area contributed by atoms with Crippen molar-refractivity contribution in [1.82, 2.24) is 10.6 Å². The van der Waals surface area contributed by atoms with Crippen molar-refractivity contribution in [2.75, 3.05) is 6.61 Å². The second-order valence-corrected chi connectivity index (χ2v) is 8.66. The van der Waals surface area contributed by atoms with E-state index in [0.29, 0.717) is 6.42 Å². The fourth-order valence-electron chi connectivity index (χ4n) is 4.12. The third kappa shape index (κ3) is 5.66. The molecule has 2 atom stereocenters. The Labute approximate surface area is 188 Å². The molecule has 0 saturated carbocycles. The van der Waals surface area contributed by atoms with Crippen molar-refractivity contribution in [2.45, 2.75) is 51.6 Å². The van der Waals surface area contributed by atoms with Crippen LogP contribution in [0, 0.1) is 5.92 Å². The Hall–Kier alpha value is -3.35. The van der Waals surface area contributed by atoms with Crippen LogP contribution in [-0.4, -0.2) is 41.8 Å². The van der Waals surface area contributed by atoms with Gasteiger partial charge in [0.05, 0.1) is 0 Å². The van der Waals surface area contributed by atoms with E-state index in [0.717, 1.165) is 22.3 Å². The first-order chi connectivity index (χ1) is 15.3. The summed E-state index contributed by atoms with van der Waals surface area (Å²) in [4.78, 5) is 35.9. The molecule has 0 fully saturated rings. The van der Waals surface area contributed by atoms with Crippen LogP contribution >= 0.6 is 0 Å². The maximum absolute atomic E-state index is 12.3. The van der Waals surface area contributed by atoms with Gasteiger partial charge in [0.15, 0.2) is 0 Å². The zero-order chi connectivity index (χ0) is 23.3. The molecule has 0 radical (unpaired) electrons. The number of amides is 2. The summed E-state index contributed by atoms with van der Waals surface area (Å²) in [5, 5.41) is 14.4. The van der Waals surface area contributed by atoms with Crippen molar-refractivity contribution in [2.24, 2.45) is 5.92 Å². The van der Waals surface area contributed by atoms with E-state index in [9.17, 15) is 19.5 Å². The Kier molecular flexibility index (Phi) is 7.51. The van der Waals surface area contributed by atoms with E-state index in [1.807, 2.05) is 50.2 Å². The number of carboxylic acid groups (broad SMARTS) is 1. The van der Waals surface area contributed by atoms with Gasteiger partial charge in [-0.15, -0.1) is 0 Å².